The second-order valence-electron chi connectivity index (χ2n) is 14.1. The van der Waals surface area contributed by atoms with Crippen molar-refractivity contribution in [2.24, 2.45) is 0 Å². The molecule has 0 amide bonds. The van der Waals surface area contributed by atoms with E-state index in [9.17, 15) is 0 Å². The quantitative estimate of drug-likeness (QED) is 0.173. The molecule has 0 aliphatic heterocycles. The van der Waals surface area contributed by atoms with Gasteiger partial charge in [0.25, 0.3) is 0 Å². The lowest BCUT2D eigenvalue weighted by Crippen LogP contribution is -2.11. The molecule has 0 spiro atoms. The molecule has 9 aromatic carbocycles. The summed E-state index contributed by atoms with van der Waals surface area (Å²) in [6.07, 6.45) is 0. The first-order valence-corrected chi connectivity index (χ1v) is 18.7. The molecule has 3 nitrogen and oxygen atoms in total. The van der Waals surface area contributed by atoms with Gasteiger partial charge < -0.3 is 13.7 Å². The van der Waals surface area contributed by atoms with E-state index in [4.69, 9.17) is 8.83 Å². The van der Waals surface area contributed by atoms with E-state index in [1.54, 1.807) is 0 Å². The largest absolute Gasteiger partial charge is 0.456 e. The van der Waals surface area contributed by atoms with Crippen LogP contribution in [0.25, 0.3) is 88.0 Å². The van der Waals surface area contributed by atoms with Crippen LogP contribution in [-0.4, -0.2) is 0 Å². The molecule has 11 aromatic rings. The van der Waals surface area contributed by atoms with Gasteiger partial charge in [-0.2, -0.15) is 0 Å². The van der Waals surface area contributed by atoms with Crippen LogP contribution in [-0.2, 0) is 0 Å². The van der Waals surface area contributed by atoms with E-state index in [0.29, 0.717) is 0 Å². The van der Waals surface area contributed by atoms with Gasteiger partial charge in [0.05, 0.1) is 5.69 Å². The fourth-order valence-corrected chi connectivity index (χ4v) is 8.21. The third-order valence-corrected chi connectivity index (χ3v) is 10.9. The predicted octanol–water partition coefficient (Wildman–Crippen LogP) is 15.1. The van der Waals surface area contributed by atoms with Crippen LogP contribution in [0.15, 0.2) is 209 Å². The minimum atomic E-state index is 0.885. The Kier molecular flexibility index (Phi) is 7.17. The van der Waals surface area contributed by atoms with Gasteiger partial charge in [0.15, 0.2) is 0 Å². The number of hydrogen-bond donors (Lipinski definition) is 0. The fraction of sp³-hybridized carbons (Fsp3) is 0. The molecule has 0 radical (unpaired) electrons. The van der Waals surface area contributed by atoms with Gasteiger partial charge in [-0.25, -0.2) is 0 Å². The lowest BCUT2D eigenvalue weighted by Gasteiger charge is -2.28. The Morgan fingerprint density at radius 1 is 0.309 bits per heavy atom. The molecule has 0 atom stereocenters. The van der Waals surface area contributed by atoms with Crippen LogP contribution < -0.4 is 4.90 Å². The normalized spacial score (nSPS) is 11.6. The van der Waals surface area contributed by atoms with Crippen molar-refractivity contribution in [2.45, 2.75) is 0 Å². The van der Waals surface area contributed by atoms with E-state index in [1.807, 2.05) is 12.1 Å². The van der Waals surface area contributed by atoms with Crippen LogP contribution in [0.3, 0.4) is 0 Å². The van der Waals surface area contributed by atoms with Gasteiger partial charge in [0.2, 0.25) is 0 Å². The monoisotopic (exact) mass is 703 g/mol. The molecule has 2 aromatic heterocycles. The van der Waals surface area contributed by atoms with Crippen LogP contribution in [0.1, 0.15) is 0 Å². The molecule has 0 saturated heterocycles. The number of para-hydroxylation sites is 2. The number of nitrogens with zero attached hydrogens (tertiary/aromatic N) is 1. The smallest absolute Gasteiger partial charge is 0.136 e. The lowest BCUT2D eigenvalue weighted by molar-refractivity contribution is 0.669. The third kappa shape index (κ3) is 5.28. The molecule has 258 valence electrons. The average Bonchev–Trinajstić information content (AvgIpc) is 3.81. The summed E-state index contributed by atoms with van der Waals surface area (Å²) in [6.45, 7) is 0. The van der Waals surface area contributed by atoms with Gasteiger partial charge in [-0.15, -0.1) is 0 Å². The van der Waals surface area contributed by atoms with Crippen molar-refractivity contribution < 1.29 is 8.83 Å². The molecule has 0 bridgehead atoms. The lowest BCUT2D eigenvalue weighted by atomic mass is 9.97. The Morgan fingerprint density at radius 3 is 1.69 bits per heavy atom. The van der Waals surface area contributed by atoms with Crippen molar-refractivity contribution >= 4 is 71.7 Å². The third-order valence-electron chi connectivity index (χ3n) is 10.9. The van der Waals surface area contributed by atoms with E-state index in [-0.39, 0.29) is 0 Å². The maximum Gasteiger partial charge on any atom is 0.136 e. The van der Waals surface area contributed by atoms with E-state index in [1.165, 1.54) is 21.9 Å². The van der Waals surface area contributed by atoms with Crippen molar-refractivity contribution in [3.8, 4) is 33.4 Å². The molecular formula is C52H33NO2. The molecule has 0 fully saturated rings. The summed E-state index contributed by atoms with van der Waals surface area (Å²) < 4.78 is 12.6. The molecule has 0 unspecified atom stereocenters. The number of benzene rings is 9. The maximum atomic E-state index is 6.39. The van der Waals surface area contributed by atoms with Crippen molar-refractivity contribution in [3.63, 3.8) is 0 Å². The van der Waals surface area contributed by atoms with Gasteiger partial charge in [0, 0.05) is 38.5 Å². The van der Waals surface area contributed by atoms with E-state index >= 15 is 0 Å². The summed E-state index contributed by atoms with van der Waals surface area (Å²) in [5.74, 6) is 0. The molecule has 0 N–H and O–H groups in total. The highest BCUT2D eigenvalue weighted by Gasteiger charge is 2.20. The maximum absolute atomic E-state index is 6.39. The van der Waals surface area contributed by atoms with Gasteiger partial charge in [-0.05, 0) is 105 Å². The summed E-state index contributed by atoms with van der Waals surface area (Å²) in [6, 6.07) is 71.1. The molecule has 11 rings (SSSR count). The second-order valence-corrected chi connectivity index (χ2v) is 14.1. The van der Waals surface area contributed by atoms with Crippen LogP contribution in [0, 0.1) is 0 Å². The van der Waals surface area contributed by atoms with E-state index in [2.05, 4.69) is 193 Å². The van der Waals surface area contributed by atoms with Crippen LogP contribution >= 0.6 is 0 Å². The van der Waals surface area contributed by atoms with Crippen LogP contribution in [0.4, 0.5) is 17.1 Å². The van der Waals surface area contributed by atoms with Crippen LogP contribution in [0.2, 0.25) is 0 Å². The zero-order chi connectivity index (χ0) is 36.3. The number of fused-ring (bicyclic) bond motifs is 7. The Bertz CT molecular complexity index is 3190. The van der Waals surface area contributed by atoms with E-state index in [0.717, 1.165) is 83.2 Å². The Balaban J connectivity index is 1.06. The Hall–Kier alpha value is -7.36. The number of anilines is 3. The van der Waals surface area contributed by atoms with Crippen molar-refractivity contribution in [1.82, 2.24) is 0 Å². The standard InChI is InChI=1S/C52H33NO2/c1-2-11-34(12-3-1)35-21-26-40(27-22-35)53(41-28-23-36(24-29-41)43-17-10-20-50-52(43)44-16-7-9-19-48(44)54-50)47-18-8-6-15-42(47)39-25-30-49-45(32-39)46-31-37-13-4-5-14-38(37)33-51(46)55-49/h1-33H. The van der Waals surface area contributed by atoms with Gasteiger partial charge in [0.1, 0.15) is 22.3 Å². The number of hydrogen-bond acceptors (Lipinski definition) is 3. The first-order chi connectivity index (χ1) is 27.2. The summed E-state index contributed by atoms with van der Waals surface area (Å²) in [5, 5.41) is 6.87. The van der Waals surface area contributed by atoms with Crippen molar-refractivity contribution in [2.75, 3.05) is 4.90 Å². The summed E-state index contributed by atoms with van der Waals surface area (Å²) in [4.78, 5) is 2.37. The average molecular weight is 704 g/mol. The molecule has 55 heavy (non-hydrogen) atoms. The highest BCUT2D eigenvalue weighted by molar-refractivity contribution is 6.13. The Morgan fingerprint density at radius 2 is 0.873 bits per heavy atom. The zero-order valence-electron chi connectivity index (χ0n) is 29.8. The molecule has 3 heteroatoms. The minimum Gasteiger partial charge on any atom is -0.456 e. The number of furan rings is 2. The molecule has 0 aliphatic carbocycles. The summed E-state index contributed by atoms with van der Waals surface area (Å²) in [5.41, 5.74) is 13.7. The highest BCUT2D eigenvalue weighted by Crippen LogP contribution is 2.44. The van der Waals surface area contributed by atoms with Gasteiger partial charge >= 0.3 is 0 Å². The molecule has 0 aliphatic rings. The predicted molar refractivity (Wildman–Crippen MR) is 229 cm³/mol. The zero-order valence-corrected chi connectivity index (χ0v) is 29.8. The van der Waals surface area contributed by atoms with Crippen LogP contribution in [0.5, 0.6) is 0 Å². The fourth-order valence-electron chi connectivity index (χ4n) is 8.21. The van der Waals surface area contributed by atoms with Gasteiger partial charge in [-0.1, -0.05) is 133 Å². The molecule has 0 saturated carbocycles. The molecule has 2 heterocycles. The topological polar surface area (TPSA) is 29.5 Å². The summed E-state index contributed by atoms with van der Waals surface area (Å²) >= 11 is 0. The SMILES string of the molecule is c1ccc(-c2ccc(N(c3ccc(-c4cccc5oc6ccccc6c45)cc3)c3ccccc3-c3ccc4oc5cc6ccccc6cc5c4c3)cc2)cc1. The highest BCUT2D eigenvalue weighted by atomic mass is 16.3. The minimum absolute atomic E-state index is 0.885. The van der Waals surface area contributed by atoms with Crippen molar-refractivity contribution in [3.05, 3.63) is 200 Å². The van der Waals surface area contributed by atoms with E-state index < -0.39 is 0 Å². The summed E-state index contributed by atoms with van der Waals surface area (Å²) in [7, 11) is 0. The second kappa shape index (κ2) is 12.6. The first-order valence-electron chi connectivity index (χ1n) is 18.7. The Labute approximate surface area is 317 Å². The number of rotatable bonds is 6. The molecular weight excluding hydrogens is 671 g/mol. The first kappa shape index (κ1) is 31.2. The van der Waals surface area contributed by atoms with Crippen molar-refractivity contribution in [1.29, 1.82) is 0 Å². The van der Waals surface area contributed by atoms with Gasteiger partial charge in [-0.3, -0.25) is 0 Å².